The highest BCUT2D eigenvalue weighted by molar-refractivity contribution is 9.10. The minimum Gasteiger partial charge on any atom is -0.368 e. The van der Waals surface area contributed by atoms with Crippen LogP contribution in [0.25, 0.3) is 0 Å². The van der Waals surface area contributed by atoms with E-state index in [1.165, 1.54) is 31.5 Å². The van der Waals surface area contributed by atoms with Crippen LogP contribution in [0.3, 0.4) is 0 Å². The Kier molecular flexibility index (Phi) is 5.09. The number of hydrogen-bond acceptors (Lipinski definition) is 5. The van der Waals surface area contributed by atoms with Crippen molar-refractivity contribution in [2.45, 2.75) is 19.3 Å². The third kappa shape index (κ3) is 4.14. The Bertz CT molecular complexity index is 449. The summed E-state index contributed by atoms with van der Waals surface area (Å²) in [5, 5.41) is 13.8. The highest BCUT2D eigenvalue weighted by Crippen LogP contribution is 2.24. The van der Waals surface area contributed by atoms with Gasteiger partial charge in [-0.25, -0.2) is 4.98 Å². The molecule has 104 valence electrons. The molecule has 1 aliphatic heterocycles. The molecule has 1 aromatic rings. The van der Waals surface area contributed by atoms with E-state index in [0.717, 1.165) is 26.2 Å². The van der Waals surface area contributed by atoms with Gasteiger partial charge in [-0.05, 0) is 41.9 Å². The zero-order chi connectivity index (χ0) is 13.7. The maximum atomic E-state index is 10.6. The SMILES string of the molecule is O=[N+]([O-])c1cnc(NCCN2CCCCC2)c(Br)c1. The van der Waals surface area contributed by atoms with Crippen LogP contribution < -0.4 is 5.32 Å². The zero-order valence-corrected chi connectivity index (χ0v) is 12.2. The summed E-state index contributed by atoms with van der Waals surface area (Å²) < 4.78 is 0.625. The van der Waals surface area contributed by atoms with Crippen LogP contribution in [-0.4, -0.2) is 41.0 Å². The predicted molar refractivity (Wildman–Crippen MR) is 77.4 cm³/mol. The Labute approximate surface area is 120 Å². The van der Waals surface area contributed by atoms with E-state index in [1.807, 2.05) is 0 Å². The Morgan fingerprint density at radius 2 is 2.16 bits per heavy atom. The van der Waals surface area contributed by atoms with E-state index < -0.39 is 4.92 Å². The number of rotatable bonds is 5. The molecule has 1 fully saturated rings. The molecule has 0 radical (unpaired) electrons. The van der Waals surface area contributed by atoms with Crippen LogP contribution in [0.4, 0.5) is 11.5 Å². The fraction of sp³-hybridized carbons (Fsp3) is 0.583. The van der Waals surface area contributed by atoms with Gasteiger partial charge in [-0.2, -0.15) is 0 Å². The minimum atomic E-state index is -0.449. The van der Waals surface area contributed by atoms with Crippen LogP contribution in [0, 0.1) is 10.1 Å². The highest BCUT2D eigenvalue weighted by atomic mass is 79.9. The van der Waals surface area contributed by atoms with E-state index in [0.29, 0.717) is 10.3 Å². The van der Waals surface area contributed by atoms with Crippen LogP contribution in [0.1, 0.15) is 19.3 Å². The number of nitro groups is 1. The molecule has 19 heavy (non-hydrogen) atoms. The van der Waals surface area contributed by atoms with Crippen LogP contribution in [0.15, 0.2) is 16.7 Å². The third-order valence-corrected chi connectivity index (χ3v) is 3.81. The normalized spacial score (nSPS) is 16.3. The van der Waals surface area contributed by atoms with Crippen LogP contribution in [-0.2, 0) is 0 Å². The van der Waals surface area contributed by atoms with Gasteiger partial charge in [-0.1, -0.05) is 6.42 Å². The number of aromatic nitrogens is 1. The number of hydrogen-bond donors (Lipinski definition) is 1. The summed E-state index contributed by atoms with van der Waals surface area (Å²) in [5.74, 6) is 0.655. The average molecular weight is 329 g/mol. The molecule has 0 bridgehead atoms. The molecule has 2 heterocycles. The van der Waals surface area contributed by atoms with E-state index in [-0.39, 0.29) is 5.69 Å². The van der Waals surface area contributed by atoms with Gasteiger partial charge in [-0.3, -0.25) is 10.1 Å². The standard InChI is InChI=1S/C12H17BrN4O2/c13-11-8-10(17(18)19)9-15-12(11)14-4-7-16-5-2-1-3-6-16/h8-9H,1-7H2,(H,14,15). The maximum Gasteiger partial charge on any atom is 0.288 e. The lowest BCUT2D eigenvalue weighted by Gasteiger charge is -2.26. The van der Waals surface area contributed by atoms with Gasteiger partial charge in [0.25, 0.3) is 5.69 Å². The summed E-state index contributed by atoms with van der Waals surface area (Å²) in [6, 6.07) is 1.47. The van der Waals surface area contributed by atoms with E-state index in [2.05, 4.69) is 31.1 Å². The second kappa shape index (κ2) is 6.81. The molecular formula is C12H17BrN4O2. The first-order valence-electron chi connectivity index (χ1n) is 6.43. The van der Waals surface area contributed by atoms with E-state index in [4.69, 9.17) is 0 Å². The largest absolute Gasteiger partial charge is 0.368 e. The van der Waals surface area contributed by atoms with Crippen molar-refractivity contribution in [3.8, 4) is 0 Å². The minimum absolute atomic E-state index is 0.00606. The molecular weight excluding hydrogens is 312 g/mol. The highest BCUT2D eigenvalue weighted by Gasteiger charge is 2.12. The van der Waals surface area contributed by atoms with E-state index in [1.54, 1.807) is 0 Å². The van der Waals surface area contributed by atoms with E-state index in [9.17, 15) is 10.1 Å². The topological polar surface area (TPSA) is 71.3 Å². The number of likely N-dealkylation sites (tertiary alicyclic amines) is 1. The van der Waals surface area contributed by atoms with Crippen molar-refractivity contribution in [2.75, 3.05) is 31.5 Å². The van der Waals surface area contributed by atoms with Crippen LogP contribution >= 0.6 is 15.9 Å². The molecule has 7 heteroatoms. The van der Waals surface area contributed by atoms with Crippen molar-refractivity contribution < 1.29 is 4.92 Å². The van der Waals surface area contributed by atoms with E-state index >= 15 is 0 Å². The van der Waals surface area contributed by atoms with Crippen molar-refractivity contribution >= 4 is 27.4 Å². The van der Waals surface area contributed by atoms with Crippen molar-refractivity contribution in [2.24, 2.45) is 0 Å². The van der Waals surface area contributed by atoms with Crippen molar-refractivity contribution in [3.05, 3.63) is 26.9 Å². The second-order valence-corrected chi connectivity index (χ2v) is 5.46. The fourth-order valence-electron chi connectivity index (χ4n) is 2.17. The number of halogens is 1. The molecule has 2 rings (SSSR count). The molecule has 0 spiro atoms. The molecule has 1 N–H and O–H groups in total. The second-order valence-electron chi connectivity index (χ2n) is 4.61. The molecule has 0 atom stereocenters. The van der Waals surface area contributed by atoms with Gasteiger partial charge >= 0.3 is 0 Å². The summed E-state index contributed by atoms with van der Waals surface area (Å²) in [7, 11) is 0. The lowest BCUT2D eigenvalue weighted by atomic mass is 10.1. The molecule has 0 amide bonds. The first kappa shape index (κ1) is 14.2. The smallest absolute Gasteiger partial charge is 0.288 e. The Morgan fingerprint density at radius 1 is 1.42 bits per heavy atom. The lowest BCUT2D eigenvalue weighted by molar-refractivity contribution is -0.385. The summed E-state index contributed by atoms with van der Waals surface area (Å²) >= 11 is 3.30. The number of nitrogens with zero attached hydrogens (tertiary/aromatic N) is 3. The van der Waals surface area contributed by atoms with Gasteiger partial charge in [0.15, 0.2) is 0 Å². The predicted octanol–water partition coefficient (Wildman–Crippen LogP) is 2.65. The Hall–Kier alpha value is -1.21. The van der Waals surface area contributed by atoms with Crippen LogP contribution in [0.5, 0.6) is 0 Å². The molecule has 0 aromatic carbocycles. The van der Waals surface area contributed by atoms with Gasteiger partial charge in [0, 0.05) is 19.2 Å². The van der Waals surface area contributed by atoms with Gasteiger partial charge in [0.1, 0.15) is 12.0 Å². The number of nitrogens with one attached hydrogen (secondary N) is 1. The number of anilines is 1. The molecule has 0 unspecified atom stereocenters. The van der Waals surface area contributed by atoms with Crippen molar-refractivity contribution in [3.63, 3.8) is 0 Å². The molecule has 1 saturated heterocycles. The summed E-state index contributed by atoms with van der Waals surface area (Å²) in [6.07, 6.45) is 5.16. The Morgan fingerprint density at radius 3 is 2.79 bits per heavy atom. The summed E-state index contributed by atoms with van der Waals surface area (Å²) in [6.45, 7) is 4.10. The summed E-state index contributed by atoms with van der Waals surface area (Å²) in [4.78, 5) is 16.6. The number of piperidine rings is 1. The maximum absolute atomic E-state index is 10.6. The van der Waals surface area contributed by atoms with Crippen molar-refractivity contribution in [1.82, 2.24) is 9.88 Å². The molecule has 6 nitrogen and oxygen atoms in total. The Balaban J connectivity index is 1.83. The first-order valence-corrected chi connectivity index (χ1v) is 7.22. The zero-order valence-electron chi connectivity index (χ0n) is 10.6. The van der Waals surface area contributed by atoms with Gasteiger partial charge in [0.05, 0.1) is 9.40 Å². The van der Waals surface area contributed by atoms with Gasteiger partial charge in [-0.15, -0.1) is 0 Å². The number of pyridine rings is 1. The quantitative estimate of drug-likeness (QED) is 0.664. The van der Waals surface area contributed by atoms with Gasteiger partial charge < -0.3 is 10.2 Å². The molecule has 0 aliphatic carbocycles. The molecule has 0 saturated carbocycles. The average Bonchev–Trinajstić information content (AvgIpc) is 2.41. The first-order chi connectivity index (χ1) is 9.16. The molecule has 1 aliphatic rings. The third-order valence-electron chi connectivity index (χ3n) is 3.21. The monoisotopic (exact) mass is 328 g/mol. The molecule has 1 aromatic heterocycles. The summed E-state index contributed by atoms with van der Waals surface area (Å²) in [5.41, 5.74) is -0.00606. The fourth-order valence-corrected chi connectivity index (χ4v) is 2.65. The van der Waals surface area contributed by atoms with Gasteiger partial charge in [0.2, 0.25) is 0 Å². The lowest BCUT2D eigenvalue weighted by Crippen LogP contribution is -2.33. The van der Waals surface area contributed by atoms with Crippen LogP contribution in [0.2, 0.25) is 0 Å². The van der Waals surface area contributed by atoms with Crippen molar-refractivity contribution in [1.29, 1.82) is 0 Å².